The summed E-state index contributed by atoms with van der Waals surface area (Å²) in [5, 5.41) is 9.91. The van der Waals surface area contributed by atoms with Crippen molar-refractivity contribution in [1.82, 2.24) is 9.80 Å². The number of anilines is 1. The molecule has 1 aliphatic rings. The number of hydrogen-bond donors (Lipinski definition) is 1. The molecule has 1 heterocycles. The van der Waals surface area contributed by atoms with Gasteiger partial charge in [0.15, 0.2) is 0 Å². The highest BCUT2D eigenvalue weighted by Gasteiger charge is 2.38. The van der Waals surface area contributed by atoms with E-state index in [1.165, 1.54) is 10.5 Å². The van der Waals surface area contributed by atoms with E-state index in [9.17, 15) is 14.7 Å². The molecule has 7 heteroatoms. The summed E-state index contributed by atoms with van der Waals surface area (Å²) in [7, 11) is 4.09. The smallest absolute Gasteiger partial charge is 0.408 e. The molecule has 2 amide bonds. The van der Waals surface area contributed by atoms with Crippen LogP contribution in [-0.4, -0.2) is 53.1 Å². The van der Waals surface area contributed by atoms with Crippen LogP contribution in [-0.2, 0) is 11.3 Å². The lowest BCUT2D eigenvalue weighted by Crippen LogP contribution is -2.48. The molecule has 0 saturated carbocycles. The zero-order valence-corrected chi connectivity index (χ0v) is 20.5. The monoisotopic (exact) mass is 459 g/mol. The summed E-state index contributed by atoms with van der Waals surface area (Å²) in [5.74, 6) is -0.0283. The summed E-state index contributed by atoms with van der Waals surface area (Å²) in [6.45, 7) is 8.21. The lowest BCUT2D eigenvalue weighted by Gasteiger charge is -2.43. The lowest BCUT2D eigenvalue weighted by atomic mass is 9.87. The van der Waals surface area contributed by atoms with Crippen LogP contribution in [0, 0.1) is 0 Å². The maximum absolute atomic E-state index is 12.4. The van der Waals surface area contributed by atoms with E-state index in [2.05, 4.69) is 35.2 Å². The van der Waals surface area contributed by atoms with Gasteiger partial charge in [-0.3, -0.25) is 9.69 Å². The quantitative estimate of drug-likeness (QED) is 0.649. The standard InChI is InChI=1S/C25H33N3O3.ClH/c1-16(2)27(25(30)31)24-13-17(3)28(18(4)29)23-12-11-21(14-22(23)24)20-9-7-19(8-10-20)15-26(5)6;/h7-12,14,16-17,24H,13,15H2,1-6H3,(H,30,31);1H. The molecule has 174 valence electrons. The van der Waals surface area contributed by atoms with Crippen molar-refractivity contribution in [3.8, 4) is 11.1 Å². The summed E-state index contributed by atoms with van der Waals surface area (Å²) in [5.41, 5.74) is 5.02. The summed E-state index contributed by atoms with van der Waals surface area (Å²) in [6.07, 6.45) is -0.365. The third-order valence-corrected chi connectivity index (χ3v) is 5.89. The molecular formula is C25H34ClN3O3. The lowest BCUT2D eigenvalue weighted by molar-refractivity contribution is -0.117. The Morgan fingerprint density at radius 3 is 2.19 bits per heavy atom. The molecule has 0 aromatic heterocycles. The van der Waals surface area contributed by atoms with Crippen LogP contribution in [0.3, 0.4) is 0 Å². The Morgan fingerprint density at radius 1 is 1.09 bits per heavy atom. The predicted octanol–water partition coefficient (Wildman–Crippen LogP) is 5.41. The van der Waals surface area contributed by atoms with Crippen molar-refractivity contribution in [3.05, 3.63) is 53.6 Å². The first-order valence-electron chi connectivity index (χ1n) is 10.8. The number of fused-ring (bicyclic) bond motifs is 1. The van der Waals surface area contributed by atoms with Crippen molar-refractivity contribution in [3.63, 3.8) is 0 Å². The summed E-state index contributed by atoms with van der Waals surface area (Å²) in [6, 6.07) is 13.9. The predicted molar refractivity (Wildman–Crippen MR) is 131 cm³/mol. The molecule has 1 aliphatic heterocycles. The van der Waals surface area contributed by atoms with E-state index >= 15 is 0 Å². The van der Waals surface area contributed by atoms with E-state index in [0.717, 1.165) is 28.9 Å². The minimum Gasteiger partial charge on any atom is -0.465 e. The molecule has 0 spiro atoms. The number of amides is 2. The fourth-order valence-corrected chi connectivity index (χ4v) is 4.64. The molecule has 0 saturated heterocycles. The molecule has 0 fully saturated rings. The zero-order chi connectivity index (χ0) is 22.9. The molecule has 3 rings (SSSR count). The Hall–Kier alpha value is -2.57. The summed E-state index contributed by atoms with van der Waals surface area (Å²) < 4.78 is 0. The fourth-order valence-electron chi connectivity index (χ4n) is 4.64. The highest BCUT2D eigenvalue weighted by atomic mass is 35.5. The first-order chi connectivity index (χ1) is 14.6. The van der Waals surface area contributed by atoms with Crippen molar-refractivity contribution in [1.29, 1.82) is 0 Å². The van der Waals surface area contributed by atoms with E-state index in [0.29, 0.717) is 6.42 Å². The first kappa shape index (κ1) is 25.7. The van der Waals surface area contributed by atoms with Crippen LogP contribution in [0.5, 0.6) is 0 Å². The minimum atomic E-state index is -0.937. The molecule has 2 aromatic rings. The zero-order valence-electron chi connectivity index (χ0n) is 19.7. The second kappa shape index (κ2) is 10.4. The van der Waals surface area contributed by atoms with E-state index in [1.807, 2.05) is 47.0 Å². The van der Waals surface area contributed by atoms with Gasteiger partial charge in [0, 0.05) is 31.2 Å². The highest BCUT2D eigenvalue weighted by molar-refractivity contribution is 5.94. The Kier molecular flexibility index (Phi) is 8.32. The topological polar surface area (TPSA) is 64.1 Å². The van der Waals surface area contributed by atoms with Gasteiger partial charge in [-0.2, -0.15) is 0 Å². The van der Waals surface area contributed by atoms with Crippen LogP contribution in [0.25, 0.3) is 11.1 Å². The normalized spacial score (nSPS) is 17.7. The number of carboxylic acid groups (broad SMARTS) is 1. The summed E-state index contributed by atoms with van der Waals surface area (Å²) >= 11 is 0. The number of halogens is 1. The van der Waals surface area contributed by atoms with Gasteiger partial charge in [0.2, 0.25) is 5.91 Å². The third-order valence-electron chi connectivity index (χ3n) is 5.89. The van der Waals surface area contributed by atoms with Crippen LogP contribution in [0.1, 0.15) is 51.3 Å². The number of carbonyl (C=O) groups excluding carboxylic acids is 1. The number of benzene rings is 2. The molecule has 2 unspecified atom stereocenters. The number of rotatable bonds is 5. The number of nitrogens with zero attached hydrogens (tertiary/aromatic N) is 3. The van der Waals surface area contributed by atoms with Gasteiger partial charge in [0.1, 0.15) is 0 Å². The molecule has 0 radical (unpaired) electrons. The molecule has 2 atom stereocenters. The largest absolute Gasteiger partial charge is 0.465 e. The molecule has 2 aromatic carbocycles. The second-order valence-electron chi connectivity index (χ2n) is 8.98. The Morgan fingerprint density at radius 2 is 1.69 bits per heavy atom. The van der Waals surface area contributed by atoms with Crippen LogP contribution in [0.15, 0.2) is 42.5 Å². The van der Waals surface area contributed by atoms with Gasteiger partial charge in [-0.1, -0.05) is 30.3 Å². The molecule has 1 N–H and O–H groups in total. The molecule has 0 aliphatic carbocycles. The second-order valence-corrected chi connectivity index (χ2v) is 8.98. The van der Waals surface area contributed by atoms with Gasteiger partial charge >= 0.3 is 6.09 Å². The average Bonchev–Trinajstić information content (AvgIpc) is 2.67. The Labute approximate surface area is 197 Å². The number of hydrogen-bond acceptors (Lipinski definition) is 3. The van der Waals surface area contributed by atoms with Gasteiger partial charge in [-0.25, -0.2) is 4.79 Å². The van der Waals surface area contributed by atoms with E-state index in [1.54, 1.807) is 11.8 Å². The van der Waals surface area contributed by atoms with E-state index in [4.69, 9.17) is 0 Å². The molecule has 0 bridgehead atoms. The highest BCUT2D eigenvalue weighted by Crippen LogP contribution is 2.43. The molecular weight excluding hydrogens is 426 g/mol. The van der Waals surface area contributed by atoms with Crippen molar-refractivity contribution in [2.75, 3.05) is 19.0 Å². The maximum atomic E-state index is 12.4. The van der Waals surface area contributed by atoms with Crippen LogP contribution < -0.4 is 4.90 Å². The minimum absolute atomic E-state index is 0. The third kappa shape index (κ3) is 5.25. The van der Waals surface area contributed by atoms with Crippen LogP contribution in [0.2, 0.25) is 0 Å². The van der Waals surface area contributed by atoms with Gasteiger partial charge in [0.05, 0.1) is 6.04 Å². The SMILES string of the molecule is CC(=O)N1c2ccc(-c3ccc(CN(C)C)cc3)cc2C(N(C(=O)O)C(C)C)CC1C.Cl. The molecule has 32 heavy (non-hydrogen) atoms. The first-order valence-corrected chi connectivity index (χ1v) is 10.8. The molecule has 6 nitrogen and oxygen atoms in total. The Bertz CT molecular complexity index is 959. The maximum Gasteiger partial charge on any atom is 0.408 e. The van der Waals surface area contributed by atoms with Gasteiger partial charge in [-0.05, 0) is 75.7 Å². The van der Waals surface area contributed by atoms with Crippen LogP contribution >= 0.6 is 12.4 Å². The summed E-state index contributed by atoms with van der Waals surface area (Å²) in [4.78, 5) is 29.9. The van der Waals surface area contributed by atoms with Crippen molar-refractivity contribution >= 4 is 30.1 Å². The number of carbonyl (C=O) groups is 2. The van der Waals surface area contributed by atoms with Crippen molar-refractivity contribution in [2.24, 2.45) is 0 Å². The van der Waals surface area contributed by atoms with Gasteiger partial charge < -0.3 is 14.9 Å². The van der Waals surface area contributed by atoms with Gasteiger partial charge in [0.25, 0.3) is 0 Å². The average molecular weight is 460 g/mol. The van der Waals surface area contributed by atoms with E-state index in [-0.39, 0.29) is 36.4 Å². The van der Waals surface area contributed by atoms with E-state index < -0.39 is 6.09 Å². The van der Waals surface area contributed by atoms with Crippen molar-refractivity contribution in [2.45, 2.75) is 58.8 Å². The van der Waals surface area contributed by atoms with Crippen molar-refractivity contribution < 1.29 is 14.7 Å². The van der Waals surface area contributed by atoms with Crippen LogP contribution in [0.4, 0.5) is 10.5 Å². The fraction of sp³-hybridized carbons (Fsp3) is 0.440. The Balaban J connectivity index is 0.00000363. The van der Waals surface area contributed by atoms with Gasteiger partial charge in [-0.15, -0.1) is 12.4 Å².